The first-order valence-corrected chi connectivity index (χ1v) is 13.8. The summed E-state index contributed by atoms with van der Waals surface area (Å²) in [6, 6.07) is 0. The molecule has 9 heteroatoms. The normalized spacial score (nSPS) is 14.7. The predicted octanol–water partition coefficient (Wildman–Crippen LogP) is 6.07. The first-order chi connectivity index (χ1) is 15.1. The maximum Gasteiger partial charge on any atom is 0.508 e. The van der Waals surface area contributed by atoms with Crippen LogP contribution >= 0.6 is 7.82 Å². The zero-order chi connectivity index (χ0) is 24.3. The second kappa shape index (κ2) is 18.7. The summed E-state index contributed by atoms with van der Waals surface area (Å²) in [4.78, 5) is 21.3. The molecular weight excluding hydrogens is 433 g/mol. The van der Waals surface area contributed by atoms with Crippen molar-refractivity contribution in [3.63, 3.8) is 0 Å². The van der Waals surface area contributed by atoms with Gasteiger partial charge in [0.05, 0.1) is 28.3 Å². The Morgan fingerprint density at radius 1 is 0.906 bits per heavy atom. The van der Waals surface area contributed by atoms with Gasteiger partial charge in [0.15, 0.2) is 0 Å². The molecule has 0 aromatic carbocycles. The van der Waals surface area contributed by atoms with Crippen LogP contribution in [0.5, 0.6) is 0 Å². The molecule has 0 spiro atoms. The molecule has 0 saturated heterocycles. The second-order valence-corrected chi connectivity index (χ2v) is 10.9. The Morgan fingerprint density at radius 2 is 1.41 bits per heavy atom. The number of rotatable bonds is 21. The number of phosphoric acid groups is 1. The Morgan fingerprint density at radius 3 is 1.88 bits per heavy atom. The summed E-state index contributed by atoms with van der Waals surface area (Å²) in [5, 5.41) is 0. The van der Waals surface area contributed by atoms with Gasteiger partial charge in [-0.05, 0) is 6.42 Å². The molecule has 0 aliphatic heterocycles. The Kier molecular flexibility index (Phi) is 18.3. The molecule has 0 heterocycles. The number of ether oxygens (including phenoxy) is 2. The van der Waals surface area contributed by atoms with Crippen LogP contribution in [0.25, 0.3) is 0 Å². The Hall–Kier alpha value is -0.660. The third kappa shape index (κ3) is 21.2. The van der Waals surface area contributed by atoms with Gasteiger partial charge in [-0.1, -0.05) is 84.0 Å². The summed E-state index contributed by atoms with van der Waals surface area (Å²) in [7, 11) is 2.88. The number of hydrogen-bond acceptors (Lipinski definition) is 6. The Balaban J connectivity index is 4.14. The van der Waals surface area contributed by atoms with Gasteiger partial charge in [0.2, 0.25) is 0 Å². The SMILES string of the molecule is CCCCCCCCCCCCCCC(COC(=O)OC)OP(=O)(O)OCC[N+](C)(C)C. The van der Waals surface area contributed by atoms with Crippen LogP contribution in [0.1, 0.15) is 90.4 Å². The van der Waals surface area contributed by atoms with E-state index in [1.54, 1.807) is 0 Å². The van der Waals surface area contributed by atoms with Crippen LogP contribution in [-0.2, 0) is 23.1 Å². The largest absolute Gasteiger partial charge is 0.508 e. The first-order valence-electron chi connectivity index (χ1n) is 12.3. The fourth-order valence-electron chi connectivity index (χ4n) is 3.25. The van der Waals surface area contributed by atoms with E-state index in [1.165, 1.54) is 64.9 Å². The van der Waals surface area contributed by atoms with E-state index >= 15 is 0 Å². The van der Waals surface area contributed by atoms with Crippen molar-refractivity contribution in [3.05, 3.63) is 0 Å². The smallest absolute Gasteiger partial charge is 0.438 e. The van der Waals surface area contributed by atoms with Crippen LogP contribution in [0, 0.1) is 0 Å². The van der Waals surface area contributed by atoms with Crippen molar-refractivity contribution in [2.45, 2.75) is 96.5 Å². The monoisotopic (exact) mass is 482 g/mol. The van der Waals surface area contributed by atoms with Crippen LogP contribution in [0.2, 0.25) is 0 Å². The number of phosphoric ester groups is 1. The first kappa shape index (κ1) is 31.3. The second-order valence-electron chi connectivity index (χ2n) is 9.49. The van der Waals surface area contributed by atoms with Gasteiger partial charge in [-0.2, -0.15) is 0 Å². The molecule has 2 unspecified atom stereocenters. The van der Waals surface area contributed by atoms with Gasteiger partial charge >= 0.3 is 14.0 Å². The van der Waals surface area contributed by atoms with Gasteiger partial charge in [0, 0.05) is 0 Å². The number of carbonyl (C=O) groups is 1. The average molecular weight is 483 g/mol. The van der Waals surface area contributed by atoms with E-state index in [1.807, 2.05) is 21.1 Å². The molecule has 0 fully saturated rings. The Bertz CT molecular complexity index is 511. The summed E-state index contributed by atoms with van der Waals surface area (Å²) < 4.78 is 32.7. The summed E-state index contributed by atoms with van der Waals surface area (Å²) >= 11 is 0. The number of carbonyl (C=O) groups excluding carboxylic acids is 1. The third-order valence-electron chi connectivity index (χ3n) is 5.23. The molecule has 0 aromatic heterocycles. The van der Waals surface area contributed by atoms with Crippen molar-refractivity contribution < 1.29 is 37.3 Å². The summed E-state index contributed by atoms with van der Waals surface area (Å²) in [5.74, 6) is 0. The summed E-state index contributed by atoms with van der Waals surface area (Å²) in [6.07, 6.45) is 13.7. The van der Waals surface area contributed by atoms with Crippen molar-refractivity contribution >= 4 is 14.0 Å². The average Bonchev–Trinajstić information content (AvgIpc) is 2.70. The lowest BCUT2D eigenvalue weighted by Crippen LogP contribution is -2.37. The highest BCUT2D eigenvalue weighted by Gasteiger charge is 2.28. The summed E-state index contributed by atoms with van der Waals surface area (Å²) in [5.41, 5.74) is 0. The van der Waals surface area contributed by atoms with Crippen LogP contribution in [0.4, 0.5) is 4.79 Å². The van der Waals surface area contributed by atoms with E-state index in [0.29, 0.717) is 17.4 Å². The van der Waals surface area contributed by atoms with Gasteiger partial charge in [0.1, 0.15) is 25.9 Å². The van der Waals surface area contributed by atoms with E-state index in [4.69, 9.17) is 13.8 Å². The maximum absolute atomic E-state index is 12.3. The van der Waals surface area contributed by atoms with Crippen molar-refractivity contribution in [1.82, 2.24) is 0 Å². The minimum absolute atomic E-state index is 0.0977. The number of methoxy groups -OCH3 is 1. The highest BCUT2D eigenvalue weighted by molar-refractivity contribution is 7.47. The molecule has 0 aliphatic carbocycles. The number of hydrogen-bond donors (Lipinski definition) is 1. The third-order valence-corrected chi connectivity index (χ3v) is 6.31. The molecule has 2 atom stereocenters. The van der Waals surface area contributed by atoms with Crippen LogP contribution in [0.15, 0.2) is 0 Å². The highest BCUT2D eigenvalue weighted by atomic mass is 31.2. The lowest BCUT2D eigenvalue weighted by molar-refractivity contribution is -0.870. The zero-order valence-electron chi connectivity index (χ0n) is 21.2. The van der Waals surface area contributed by atoms with E-state index in [0.717, 1.165) is 19.3 Å². The zero-order valence-corrected chi connectivity index (χ0v) is 22.1. The summed E-state index contributed by atoms with van der Waals surface area (Å²) in [6.45, 7) is 2.76. The van der Waals surface area contributed by atoms with Gasteiger partial charge in [-0.3, -0.25) is 9.05 Å². The molecule has 32 heavy (non-hydrogen) atoms. The molecule has 0 aliphatic rings. The number of quaternary nitrogens is 1. The number of likely N-dealkylation sites (N-methyl/N-ethyl adjacent to an activating group) is 1. The van der Waals surface area contributed by atoms with Crippen molar-refractivity contribution in [1.29, 1.82) is 0 Å². The number of unbranched alkanes of at least 4 members (excludes halogenated alkanes) is 11. The van der Waals surface area contributed by atoms with E-state index in [9.17, 15) is 14.3 Å². The van der Waals surface area contributed by atoms with Gasteiger partial charge < -0.3 is 18.9 Å². The molecular formula is C23H49NO7P+. The Labute approximate surface area is 196 Å². The lowest BCUT2D eigenvalue weighted by Gasteiger charge is -2.25. The van der Waals surface area contributed by atoms with Crippen LogP contribution in [0.3, 0.4) is 0 Å². The highest BCUT2D eigenvalue weighted by Crippen LogP contribution is 2.45. The fourth-order valence-corrected chi connectivity index (χ4v) is 4.16. The minimum Gasteiger partial charge on any atom is -0.438 e. The van der Waals surface area contributed by atoms with Crippen molar-refractivity contribution in [3.8, 4) is 0 Å². The van der Waals surface area contributed by atoms with Crippen molar-refractivity contribution in [2.75, 3.05) is 48.0 Å². The van der Waals surface area contributed by atoms with E-state index in [-0.39, 0.29) is 13.2 Å². The maximum atomic E-state index is 12.3. The van der Waals surface area contributed by atoms with E-state index in [2.05, 4.69) is 11.7 Å². The molecule has 0 bridgehead atoms. The van der Waals surface area contributed by atoms with Crippen LogP contribution < -0.4 is 0 Å². The molecule has 1 N–H and O–H groups in total. The lowest BCUT2D eigenvalue weighted by atomic mass is 10.0. The van der Waals surface area contributed by atoms with Crippen LogP contribution in [-0.4, -0.2) is 69.6 Å². The van der Waals surface area contributed by atoms with E-state index < -0.39 is 20.1 Å². The quantitative estimate of drug-likeness (QED) is 0.0919. The molecule has 192 valence electrons. The molecule has 0 saturated carbocycles. The van der Waals surface area contributed by atoms with Gasteiger partial charge in [-0.25, -0.2) is 9.36 Å². The van der Waals surface area contributed by atoms with Crippen molar-refractivity contribution in [2.24, 2.45) is 0 Å². The minimum atomic E-state index is -4.23. The van der Waals surface area contributed by atoms with Gasteiger partial charge in [0.25, 0.3) is 0 Å². The standard InChI is InChI=1S/C23H48NO7P/c1-6-7-8-9-10-11-12-13-14-15-16-17-18-22(21-29-23(25)28-5)31-32(26,27)30-20-19-24(2,3)4/h22H,6-21H2,1-5H3/p+1. The number of nitrogens with zero attached hydrogens (tertiary/aromatic N) is 1. The molecule has 8 nitrogen and oxygen atoms in total. The molecule has 0 radical (unpaired) electrons. The predicted molar refractivity (Wildman–Crippen MR) is 128 cm³/mol. The topological polar surface area (TPSA) is 91.3 Å². The molecule has 0 rings (SSSR count). The molecule has 0 aromatic rings. The molecule has 0 amide bonds. The fraction of sp³-hybridized carbons (Fsp3) is 0.957. The van der Waals surface area contributed by atoms with Gasteiger partial charge in [-0.15, -0.1) is 0 Å².